The molecule has 1 saturated carbocycles. The third kappa shape index (κ3) is 4.92. The van der Waals surface area contributed by atoms with E-state index in [0.717, 1.165) is 32.5 Å². The van der Waals surface area contributed by atoms with Gasteiger partial charge in [-0.3, -0.25) is 0 Å². The minimum Gasteiger partial charge on any atom is -0.379 e. The van der Waals surface area contributed by atoms with E-state index >= 15 is 0 Å². The molecule has 1 aliphatic heterocycles. The van der Waals surface area contributed by atoms with Gasteiger partial charge in [0.25, 0.3) is 0 Å². The maximum absolute atomic E-state index is 5.91. The second kappa shape index (κ2) is 8.03. The van der Waals surface area contributed by atoms with Crippen LogP contribution in [0.1, 0.15) is 32.1 Å². The highest BCUT2D eigenvalue weighted by Crippen LogP contribution is 2.24. The maximum atomic E-state index is 5.91. The highest BCUT2D eigenvalue weighted by Gasteiger charge is 2.26. The van der Waals surface area contributed by atoms with Crippen LogP contribution in [0.4, 0.5) is 0 Å². The average molecular weight is 244 g/mol. The summed E-state index contributed by atoms with van der Waals surface area (Å²) < 4.78 is 22.7. The highest BCUT2D eigenvalue weighted by molar-refractivity contribution is 4.76. The van der Waals surface area contributed by atoms with Crippen molar-refractivity contribution in [3.05, 3.63) is 0 Å². The third-order valence-corrected chi connectivity index (χ3v) is 3.34. The number of hydrogen-bond acceptors (Lipinski definition) is 4. The zero-order valence-electron chi connectivity index (χ0n) is 10.6. The molecule has 4 heteroatoms. The minimum atomic E-state index is 0.272. The van der Waals surface area contributed by atoms with E-state index in [1.54, 1.807) is 0 Å². The van der Waals surface area contributed by atoms with Crippen molar-refractivity contribution in [2.75, 3.05) is 39.6 Å². The quantitative estimate of drug-likeness (QED) is 0.651. The van der Waals surface area contributed by atoms with Gasteiger partial charge in [0.1, 0.15) is 0 Å². The number of fused-ring (bicyclic) bond motifs is 1. The van der Waals surface area contributed by atoms with E-state index in [9.17, 15) is 0 Å². The Morgan fingerprint density at radius 2 is 1.12 bits per heavy atom. The van der Waals surface area contributed by atoms with Crippen LogP contribution in [0.25, 0.3) is 0 Å². The molecule has 17 heavy (non-hydrogen) atoms. The van der Waals surface area contributed by atoms with Crippen LogP contribution in [0.2, 0.25) is 0 Å². The second-order valence-electron chi connectivity index (χ2n) is 4.68. The van der Waals surface area contributed by atoms with E-state index in [1.807, 2.05) is 0 Å². The average Bonchev–Trinajstić information content (AvgIpc) is 2.38. The lowest BCUT2D eigenvalue weighted by Gasteiger charge is -2.31. The van der Waals surface area contributed by atoms with Gasteiger partial charge in [-0.1, -0.05) is 12.8 Å². The molecule has 1 saturated heterocycles. The predicted octanol–water partition coefficient (Wildman–Crippen LogP) is 1.77. The summed E-state index contributed by atoms with van der Waals surface area (Å²) in [6.07, 6.45) is 6.29. The van der Waals surface area contributed by atoms with Crippen molar-refractivity contribution in [3.8, 4) is 0 Å². The number of ether oxygens (including phenoxy) is 4. The molecule has 0 aromatic rings. The Kier molecular flexibility index (Phi) is 6.27. The van der Waals surface area contributed by atoms with Crippen LogP contribution in [-0.2, 0) is 18.9 Å². The topological polar surface area (TPSA) is 36.9 Å². The van der Waals surface area contributed by atoms with E-state index in [1.165, 1.54) is 12.8 Å². The lowest BCUT2D eigenvalue weighted by Crippen LogP contribution is -2.35. The van der Waals surface area contributed by atoms with E-state index in [-0.39, 0.29) is 12.2 Å². The van der Waals surface area contributed by atoms with Crippen LogP contribution in [0, 0.1) is 0 Å². The SMILES string of the molecule is C1COCCOCCOC2CCCCC2OC1. The Labute approximate surface area is 104 Å². The van der Waals surface area contributed by atoms with Crippen molar-refractivity contribution in [1.29, 1.82) is 0 Å². The first-order valence-corrected chi connectivity index (χ1v) is 6.85. The van der Waals surface area contributed by atoms with Crippen molar-refractivity contribution in [1.82, 2.24) is 0 Å². The summed E-state index contributed by atoms with van der Waals surface area (Å²) in [5, 5.41) is 0. The smallest absolute Gasteiger partial charge is 0.0837 e. The molecule has 0 aromatic carbocycles. The molecular formula is C13H24O4. The second-order valence-corrected chi connectivity index (χ2v) is 4.68. The highest BCUT2D eigenvalue weighted by atomic mass is 16.6. The first kappa shape index (κ1) is 13.3. The Morgan fingerprint density at radius 1 is 0.529 bits per heavy atom. The Hall–Kier alpha value is -0.160. The summed E-state index contributed by atoms with van der Waals surface area (Å²) in [4.78, 5) is 0. The van der Waals surface area contributed by atoms with E-state index in [0.29, 0.717) is 26.4 Å². The summed E-state index contributed by atoms with van der Waals surface area (Å²) in [6, 6.07) is 0. The molecule has 2 fully saturated rings. The predicted molar refractivity (Wildman–Crippen MR) is 64.2 cm³/mol. The Morgan fingerprint density at radius 3 is 1.88 bits per heavy atom. The largest absolute Gasteiger partial charge is 0.379 e. The number of hydrogen-bond donors (Lipinski definition) is 0. The molecule has 0 N–H and O–H groups in total. The summed E-state index contributed by atoms with van der Waals surface area (Å²) in [7, 11) is 0. The lowest BCUT2D eigenvalue weighted by molar-refractivity contribution is -0.100. The van der Waals surface area contributed by atoms with Gasteiger partial charge in [-0.05, 0) is 19.3 Å². The molecule has 0 bridgehead atoms. The van der Waals surface area contributed by atoms with Gasteiger partial charge in [0.15, 0.2) is 0 Å². The molecule has 2 atom stereocenters. The monoisotopic (exact) mass is 244 g/mol. The van der Waals surface area contributed by atoms with Gasteiger partial charge < -0.3 is 18.9 Å². The molecule has 2 aliphatic rings. The molecule has 2 rings (SSSR count). The Bertz CT molecular complexity index is 178. The zero-order valence-corrected chi connectivity index (χ0v) is 10.6. The standard InChI is InChI=1S/C13H24O4/c1-2-5-13-12(4-1)16-7-3-6-14-8-9-15-10-11-17-13/h12-13H,1-11H2. The van der Waals surface area contributed by atoms with E-state index in [2.05, 4.69) is 0 Å². The number of rotatable bonds is 0. The molecule has 1 aliphatic carbocycles. The molecule has 0 amide bonds. The first-order valence-electron chi connectivity index (χ1n) is 6.85. The molecule has 0 aromatic heterocycles. The lowest BCUT2D eigenvalue weighted by atomic mass is 9.94. The van der Waals surface area contributed by atoms with Gasteiger partial charge in [0, 0.05) is 13.2 Å². The molecule has 1 heterocycles. The van der Waals surface area contributed by atoms with Gasteiger partial charge >= 0.3 is 0 Å². The van der Waals surface area contributed by atoms with Crippen LogP contribution >= 0.6 is 0 Å². The van der Waals surface area contributed by atoms with Gasteiger partial charge in [0.05, 0.1) is 38.6 Å². The summed E-state index contributed by atoms with van der Waals surface area (Å²) in [5.41, 5.74) is 0. The molecule has 4 nitrogen and oxygen atoms in total. The van der Waals surface area contributed by atoms with Crippen molar-refractivity contribution in [2.24, 2.45) is 0 Å². The van der Waals surface area contributed by atoms with Crippen LogP contribution in [-0.4, -0.2) is 51.8 Å². The van der Waals surface area contributed by atoms with Crippen LogP contribution in [0.15, 0.2) is 0 Å². The minimum absolute atomic E-state index is 0.272. The van der Waals surface area contributed by atoms with Crippen molar-refractivity contribution in [2.45, 2.75) is 44.3 Å². The summed E-state index contributed by atoms with van der Waals surface area (Å²) in [5.74, 6) is 0. The molecule has 2 unspecified atom stereocenters. The summed E-state index contributed by atoms with van der Waals surface area (Å²) >= 11 is 0. The fourth-order valence-electron chi connectivity index (χ4n) is 2.42. The van der Waals surface area contributed by atoms with Gasteiger partial charge in [-0.25, -0.2) is 0 Å². The van der Waals surface area contributed by atoms with Crippen molar-refractivity contribution < 1.29 is 18.9 Å². The fraction of sp³-hybridized carbons (Fsp3) is 1.00. The first-order chi connectivity index (χ1) is 8.47. The van der Waals surface area contributed by atoms with Crippen molar-refractivity contribution >= 4 is 0 Å². The van der Waals surface area contributed by atoms with Crippen molar-refractivity contribution in [3.63, 3.8) is 0 Å². The molecular weight excluding hydrogens is 220 g/mol. The van der Waals surface area contributed by atoms with Gasteiger partial charge in [-0.15, -0.1) is 0 Å². The maximum Gasteiger partial charge on any atom is 0.0837 e. The summed E-state index contributed by atoms with van der Waals surface area (Å²) in [6.45, 7) is 4.22. The normalized spacial score (nSPS) is 33.9. The van der Waals surface area contributed by atoms with Gasteiger partial charge in [-0.2, -0.15) is 0 Å². The fourth-order valence-corrected chi connectivity index (χ4v) is 2.42. The molecule has 0 spiro atoms. The molecule has 100 valence electrons. The molecule has 0 radical (unpaired) electrons. The third-order valence-electron chi connectivity index (χ3n) is 3.34. The van der Waals surface area contributed by atoms with Crippen LogP contribution in [0.5, 0.6) is 0 Å². The Balaban J connectivity index is 1.78. The van der Waals surface area contributed by atoms with Gasteiger partial charge in [0.2, 0.25) is 0 Å². The zero-order chi connectivity index (χ0) is 11.8. The van der Waals surface area contributed by atoms with E-state index < -0.39 is 0 Å². The van der Waals surface area contributed by atoms with E-state index in [4.69, 9.17) is 18.9 Å². The van der Waals surface area contributed by atoms with Crippen LogP contribution < -0.4 is 0 Å². The van der Waals surface area contributed by atoms with Crippen LogP contribution in [0.3, 0.4) is 0 Å².